The highest BCUT2D eigenvalue weighted by molar-refractivity contribution is 5.66. The Morgan fingerprint density at radius 2 is 0.778 bits per heavy atom. The van der Waals surface area contributed by atoms with E-state index in [4.69, 9.17) is 10.2 Å². The first-order chi connectivity index (χ1) is 21.8. The van der Waals surface area contributed by atoms with Crippen molar-refractivity contribution in [2.75, 3.05) is 26.2 Å². The van der Waals surface area contributed by atoms with Crippen LogP contribution in [0.25, 0.3) is 0 Å². The molecule has 0 aliphatic rings. The van der Waals surface area contributed by atoms with E-state index in [2.05, 4.69) is 19.1 Å². The molecule has 0 spiro atoms. The summed E-state index contributed by atoms with van der Waals surface area (Å²) in [5.41, 5.74) is 0. The summed E-state index contributed by atoms with van der Waals surface area (Å²) in [4.78, 5) is 33.0. The molecule has 264 valence electrons. The maximum atomic E-state index is 11.0. The minimum atomic E-state index is -1.02. The number of carboxylic acids is 3. The molecule has 0 aliphatic carbocycles. The van der Waals surface area contributed by atoms with Gasteiger partial charge in [-0.15, -0.1) is 0 Å². The molecular weight excluding hydrogens is 566 g/mol. The number of carboxylic acid groups (broad SMARTS) is 3. The zero-order valence-corrected chi connectivity index (χ0v) is 29.3. The molecule has 0 bridgehead atoms. The van der Waals surface area contributed by atoms with E-state index in [0.717, 1.165) is 56.3 Å². The van der Waals surface area contributed by atoms with Gasteiger partial charge in [0.1, 0.15) is 0 Å². The zero-order valence-electron chi connectivity index (χ0n) is 29.3. The second-order valence-electron chi connectivity index (χ2n) is 13.5. The van der Waals surface area contributed by atoms with E-state index in [1.165, 1.54) is 116 Å². The SMILES string of the molecule is CCCCCCC/C=C/CCCCCCCCCCCCCC[N+](CCCCC(=O)[O-])(CCCCC(=O)O)CCCCC(=O)O. The van der Waals surface area contributed by atoms with Crippen molar-refractivity contribution in [3.8, 4) is 0 Å². The molecule has 0 rings (SSSR count). The average Bonchev–Trinajstić information content (AvgIpc) is 3.00. The van der Waals surface area contributed by atoms with E-state index in [0.29, 0.717) is 19.3 Å². The fourth-order valence-electron chi connectivity index (χ4n) is 6.41. The van der Waals surface area contributed by atoms with Crippen LogP contribution in [0.1, 0.15) is 187 Å². The second-order valence-corrected chi connectivity index (χ2v) is 13.5. The van der Waals surface area contributed by atoms with E-state index >= 15 is 0 Å². The first kappa shape index (κ1) is 43.1. The molecule has 0 radical (unpaired) electrons. The highest BCUT2D eigenvalue weighted by Gasteiger charge is 2.26. The molecule has 45 heavy (non-hydrogen) atoms. The second kappa shape index (κ2) is 32.1. The largest absolute Gasteiger partial charge is 0.550 e. The number of rotatable bonds is 36. The van der Waals surface area contributed by atoms with Crippen molar-refractivity contribution in [3.63, 3.8) is 0 Å². The molecule has 2 N–H and O–H groups in total. The maximum Gasteiger partial charge on any atom is 0.303 e. The van der Waals surface area contributed by atoms with E-state index in [-0.39, 0.29) is 19.3 Å². The van der Waals surface area contributed by atoms with Gasteiger partial charge in [-0.25, -0.2) is 0 Å². The monoisotopic (exact) mass is 638 g/mol. The fourth-order valence-corrected chi connectivity index (χ4v) is 6.41. The summed E-state index contributed by atoms with van der Waals surface area (Å²) in [6.07, 6.45) is 34.3. The molecule has 0 aromatic carbocycles. The van der Waals surface area contributed by atoms with Crippen LogP contribution in [0, 0.1) is 0 Å². The first-order valence-corrected chi connectivity index (χ1v) is 18.9. The number of hydrogen-bond acceptors (Lipinski definition) is 4. The van der Waals surface area contributed by atoms with Gasteiger partial charge in [0, 0.05) is 18.8 Å². The van der Waals surface area contributed by atoms with Crippen molar-refractivity contribution < 1.29 is 34.2 Å². The lowest BCUT2D eigenvalue weighted by Gasteiger charge is -2.39. The molecule has 0 heterocycles. The maximum absolute atomic E-state index is 11.0. The van der Waals surface area contributed by atoms with Crippen LogP contribution in [0.4, 0.5) is 0 Å². The zero-order chi connectivity index (χ0) is 33.3. The standard InChI is InChI=1S/C38H71NO6/c1-2-3-4-5-6-7-8-9-10-11-12-13-14-15-16-17-18-19-20-21-25-32-39(33-26-22-29-36(40)41,34-27-23-30-37(42)43)35-28-24-31-38(44)45/h8-9H,2-7,10-35H2,1H3,(H2-,40,41,42,43,44,45)/b9-8+. The topological polar surface area (TPSA) is 115 Å². The van der Waals surface area contributed by atoms with Gasteiger partial charge in [0.25, 0.3) is 0 Å². The van der Waals surface area contributed by atoms with Crippen molar-refractivity contribution in [1.29, 1.82) is 0 Å². The van der Waals surface area contributed by atoms with E-state index in [1.54, 1.807) is 0 Å². The Bertz CT molecular complexity index is 683. The van der Waals surface area contributed by atoms with Crippen LogP contribution in [-0.2, 0) is 14.4 Å². The van der Waals surface area contributed by atoms with E-state index in [1.807, 2.05) is 0 Å². The van der Waals surface area contributed by atoms with Crippen molar-refractivity contribution in [3.05, 3.63) is 12.2 Å². The third kappa shape index (κ3) is 31.9. The Morgan fingerprint density at radius 3 is 1.13 bits per heavy atom. The van der Waals surface area contributed by atoms with Crippen LogP contribution < -0.4 is 5.11 Å². The number of unbranched alkanes of at least 4 members (excludes halogenated alkanes) is 20. The van der Waals surface area contributed by atoms with Crippen LogP contribution in [0.15, 0.2) is 12.2 Å². The third-order valence-corrected chi connectivity index (χ3v) is 9.20. The summed E-state index contributed by atoms with van der Waals surface area (Å²) in [7, 11) is 0. The number of quaternary nitrogens is 1. The highest BCUT2D eigenvalue weighted by atomic mass is 16.4. The minimum Gasteiger partial charge on any atom is -0.550 e. The lowest BCUT2D eigenvalue weighted by Crippen LogP contribution is -2.51. The third-order valence-electron chi connectivity index (χ3n) is 9.20. The number of hydrogen-bond donors (Lipinski definition) is 2. The summed E-state index contributed by atoms with van der Waals surface area (Å²) in [5.74, 6) is -2.56. The molecule has 0 fully saturated rings. The normalized spacial score (nSPS) is 11.8. The summed E-state index contributed by atoms with van der Waals surface area (Å²) >= 11 is 0. The van der Waals surface area contributed by atoms with Gasteiger partial charge in [0.15, 0.2) is 0 Å². The summed E-state index contributed by atoms with van der Waals surface area (Å²) in [6, 6.07) is 0. The number of carbonyl (C=O) groups is 3. The van der Waals surface area contributed by atoms with Gasteiger partial charge < -0.3 is 24.6 Å². The predicted molar refractivity (Wildman–Crippen MR) is 184 cm³/mol. The smallest absolute Gasteiger partial charge is 0.303 e. The Labute approximate surface area is 276 Å². The molecule has 7 heteroatoms. The number of aliphatic carboxylic acids is 3. The summed E-state index contributed by atoms with van der Waals surface area (Å²) in [6.45, 7) is 5.88. The molecule has 7 nitrogen and oxygen atoms in total. The molecule has 0 aliphatic heterocycles. The van der Waals surface area contributed by atoms with Crippen LogP contribution in [0.2, 0.25) is 0 Å². The number of carbonyl (C=O) groups excluding carboxylic acids is 1. The van der Waals surface area contributed by atoms with Gasteiger partial charge in [-0.05, 0) is 83.5 Å². The fraction of sp³-hybridized carbons (Fsp3) is 0.868. The quantitative estimate of drug-likeness (QED) is 0.0402. The van der Waals surface area contributed by atoms with Gasteiger partial charge in [-0.1, -0.05) is 103 Å². The molecule has 0 aromatic rings. The van der Waals surface area contributed by atoms with Crippen molar-refractivity contribution in [2.45, 2.75) is 187 Å². The molecule has 0 unspecified atom stereocenters. The van der Waals surface area contributed by atoms with Crippen molar-refractivity contribution in [2.24, 2.45) is 0 Å². The van der Waals surface area contributed by atoms with E-state index in [9.17, 15) is 19.5 Å². The molecule has 0 atom stereocenters. The first-order valence-electron chi connectivity index (χ1n) is 18.9. The van der Waals surface area contributed by atoms with Crippen LogP contribution in [0.3, 0.4) is 0 Å². The average molecular weight is 638 g/mol. The molecular formula is C38H71NO6. The summed E-state index contributed by atoms with van der Waals surface area (Å²) in [5, 5.41) is 29.0. The van der Waals surface area contributed by atoms with Gasteiger partial charge in [-0.2, -0.15) is 0 Å². The molecule has 0 aromatic heterocycles. The van der Waals surface area contributed by atoms with Crippen molar-refractivity contribution in [1.82, 2.24) is 0 Å². The Balaban J connectivity index is 4.20. The molecule has 0 saturated carbocycles. The highest BCUT2D eigenvalue weighted by Crippen LogP contribution is 2.20. The Kier molecular flexibility index (Phi) is 30.7. The van der Waals surface area contributed by atoms with Crippen LogP contribution in [0.5, 0.6) is 0 Å². The van der Waals surface area contributed by atoms with Gasteiger partial charge in [-0.3, -0.25) is 9.59 Å². The minimum absolute atomic E-state index is 0.0645. The molecule has 0 saturated heterocycles. The Morgan fingerprint density at radius 1 is 0.467 bits per heavy atom. The predicted octanol–water partition coefficient (Wildman–Crippen LogP) is 9.22. The Hall–Kier alpha value is -1.89. The number of allylic oxidation sites excluding steroid dienone is 2. The van der Waals surface area contributed by atoms with E-state index < -0.39 is 17.9 Å². The summed E-state index contributed by atoms with van der Waals surface area (Å²) < 4.78 is 0.849. The number of nitrogens with zero attached hydrogens (tertiary/aromatic N) is 1. The molecule has 0 amide bonds. The van der Waals surface area contributed by atoms with Gasteiger partial charge in [0.05, 0.1) is 26.2 Å². The van der Waals surface area contributed by atoms with Crippen molar-refractivity contribution >= 4 is 17.9 Å². The van der Waals surface area contributed by atoms with Gasteiger partial charge in [0.2, 0.25) is 0 Å². The lowest BCUT2D eigenvalue weighted by atomic mass is 10.0. The van der Waals surface area contributed by atoms with Crippen LogP contribution in [-0.4, -0.2) is 58.8 Å². The lowest BCUT2D eigenvalue weighted by molar-refractivity contribution is -0.929. The van der Waals surface area contributed by atoms with Crippen LogP contribution >= 0.6 is 0 Å². The van der Waals surface area contributed by atoms with Gasteiger partial charge >= 0.3 is 11.9 Å².